The first-order chi connectivity index (χ1) is 7.10. The highest BCUT2D eigenvalue weighted by Gasteiger charge is 2.14. The van der Waals surface area contributed by atoms with Gasteiger partial charge >= 0.3 is 5.97 Å². The summed E-state index contributed by atoms with van der Waals surface area (Å²) in [6, 6.07) is 3.37. The summed E-state index contributed by atoms with van der Waals surface area (Å²) in [6.07, 6.45) is -0.100. The van der Waals surface area contributed by atoms with Crippen molar-refractivity contribution in [3.05, 3.63) is 28.3 Å². The number of hydrogen-bond acceptors (Lipinski definition) is 2. The Morgan fingerprint density at radius 3 is 2.67 bits per heavy atom. The van der Waals surface area contributed by atoms with Crippen LogP contribution in [0, 0.1) is 0 Å². The summed E-state index contributed by atoms with van der Waals surface area (Å²) < 4.78 is 5.13. The minimum absolute atomic E-state index is 0.100. The molecule has 0 fully saturated rings. The van der Waals surface area contributed by atoms with Gasteiger partial charge in [-0.2, -0.15) is 0 Å². The van der Waals surface area contributed by atoms with Gasteiger partial charge in [0.2, 0.25) is 0 Å². The molecule has 1 aromatic rings. The van der Waals surface area contributed by atoms with E-state index in [1.54, 1.807) is 19.2 Å². The van der Waals surface area contributed by atoms with Crippen LogP contribution >= 0.6 is 27.5 Å². The molecule has 0 saturated heterocycles. The molecule has 1 aromatic carbocycles. The number of rotatable bonds is 4. The van der Waals surface area contributed by atoms with E-state index in [0.717, 1.165) is 5.56 Å². The lowest BCUT2D eigenvalue weighted by Gasteiger charge is -2.12. The van der Waals surface area contributed by atoms with Gasteiger partial charge in [-0.05, 0) is 17.7 Å². The second-order valence-corrected chi connectivity index (χ2v) is 3.88. The van der Waals surface area contributed by atoms with Crippen LogP contribution in [-0.2, 0) is 16.5 Å². The van der Waals surface area contributed by atoms with E-state index >= 15 is 0 Å². The number of ether oxygens (including phenoxy) is 1. The van der Waals surface area contributed by atoms with E-state index in [9.17, 15) is 4.79 Å². The smallest absolute Gasteiger partial charge is 0.307 e. The Kier molecular flexibility index (Phi) is 4.42. The van der Waals surface area contributed by atoms with Crippen LogP contribution in [0.15, 0.2) is 12.1 Å². The number of carbonyl (C=O) groups is 1. The number of aliphatic carboxylic acids is 1. The molecular formula is C10H10BrClO3. The molecule has 0 unspecified atom stereocenters. The third-order valence-corrected chi connectivity index (χ3v) is 2.93. The van der Waals surface area contributed by atoms with Crippen molar-refractivity contribution >= 4 is 33.5 Å². The van der Waals surface area contributed by atoms with Gasteiger partial charge in [-0.15, -0.1) is 0 Å². The molecule has 0 atom stereocenters. The minimum Gasteiger partial charge on any atom is -0.496 e. The number of carboxylic acids is 1. The van der Waals surface area contributed by atoms with E-state index in [0.29, 0.717) is 21.7 Å². The van der Waals surface area contributed by atoms with Gasteiger partial charge in [0, 0.05) is 15.9 Å². The van der Waals surface area contributed by atoms with Gasteiger partial charge in [-0.1, -0.05) is 27.5 Å². The van der Waals surface area contributed by atoms with E-state index < -0.39 is 5.97 Å². The van der Waals surface area contributed by atoms with Gasteiger partial charge in [-0.3, -0.25) is 4.79 Å². The van der Waals surface area contributed by atoms with Crippen molar-refractivity contribution in [2.45, 2.75) is 11.8 Å². The molecular weight excluding hydrogens is 283 g/mol. The van der Waals surface area contributed by atoms with Crippen LogP contribution in [0.5, 0.6) is 5.75 Å². The predicted octanol–water partition coefficient (Wildman–Crippen LogP) is 2.87. The zero-order valence-corrected chi connectivity index (χ0v) is 10.4. The predicted molar refractivity (Wildman–Crippen MR) is 62.0 cm³/mol. The summed E-state index contributed by atoms with van der Waals surface area (Å²) in [5, 5.41) is 9.72. The molecule has 82 valence electrons. The van der Waals surface area contributed by atoms with Crippen molar-refractivity contribution in [1.82, 2.24) is 0 Å². The van der Waals surface area contributed by atoms with E-state index in [1.165, 1.54) is 0 Å². The second kappa shape index (κ2) is 5.37. The fourth-order valence-electron chi connectivity index (χ4n) is 1.32. The Balaban J connectivity index is 3.25. The maximum absolute atomic E-state index is 10.7. The normalized spacial score (nSPS) is 10.1. The van der Waals surface area contributed by atoms with Gasteiger partial charge in [0.1, 0.15) is 5.75 Å². The molecule has 0 heterocycles. The molecule has 1 N–H and O–H groups in total. The molecule has 5 heteroatoms. The van der Waals surface area contributed by atoms with Crippen molar-refractivity contribution in [3.8, 4) is 5.75 Å². The van der Waals surface area contributed by atoms with Crippen LogP contribution in [0.25, 0.3) is 0 Å². The standard InChI is InChI=1S/C10H10BrClO3/c1-15-9-3-2-8(12)6(4-10(13)14)7(9)5-11/h2-3H,4-5H2,1H3,(H,13,14). The zero-order valence-electron chi connectivity index (χ0n) is 8.09. The van der Waals surface area contributed by atoms with Crippen molar-refractivity contribution in [2.75, 3.05) is 7.11 Å². The maximum Gasteiger partial charge on any atom is 0.307 e. The number of benzene rings is 1. The van der Waals surface area contributed by atoms with Crippen LogP contribution in [0.3, 0.4) is 0 Å². The molecule has 0 amide bonds. The first kappa shape index (κ1) is 12.3. The summed E-state index contributed by atoms with van der Waals surface area (Å²) in [7, 11) is 1.54. The van der Waals surface area contributed by atoms with Gasteiger partial charge in [0.25, 0.3) is 0 Å². The lowest BCUT2D eigenvalue weighted by Crippen LogP contribution is -2.05. The Bertz CT molecular complexity index is 379. The van der Waals surface area contributed by atoms with Crippen molar-refractivity contribution in [1.29, 1.82) is 0 Å². The third-order valence-electron chi connectivity index (χ3n) is 2.01. The summed E-state index contributed by atoms with van der Waals surface area (Å²) in [6.45, 7) is 0. The fourth-order valence-corrected chi connectivity index (χ4v) is 2.18. The Morgan fingerprint density at radius 1 is 1.53 bits per heavy atom. The molecule has 0 spiro atoms. The van der Waals surface area contributed by atoms with Crippen LogP contribution < -0.4 is 4.74 Å². The lowest BCUT2D eigenvalue weighted by atomic mass is 10.0. The molecule has 15 heavy (non-hydrogen) atoms. The van der Waals surface area contributed by atoms with E-state index in [-0.39, 0.29) is 6.42 Å². The SMILES string of the molecule is COc1ccc(Cl)c(CC(=O)O)c1CBr. The van der Waals surface area contributed by atoms with Gasteiger partial charge in [-0.25, -0.2) is 0 Å². The topological polar surface area (TPSA) is 46.5 Å². The highest BCUT2D eigenvalue weighted by molar-refractivity contribution is 9.08. The molecule has 0 aliphatic carbocycles. The monoisotopic (exact) mass is 292 g/mol. The van der Waals surface area contributed by atoms with Crippen LogP contribution in [-0.4, -0.2) is 18.2 Å². The summed E-state index contributed by atoms with van der Waals surface area (Å²) in [4.78, 5) is 10.7. The first-order valence-electron chi connectivity index (χ1n) is 4.22. The lowest BCUT2D eigenvalue weighted by molar-refractivity contribution is -0.136. The minimum atomic E-state index is -0.910. The van der Waals surface area contributed by atoms with Crippen molar-refractivity contribution in [2.24, 2.45) is 0 Å². The Hall–Kier alpha value is -0.740. The number of halogens is 2. The largest absolute Gasteiger partial charge is 0.496 e. The molecule has 0 bridgehead atoms. The zero-order chi connectivity index (χ0) is 11.4. The van der Waals surface area contributed by atoms with Crippen LogP contribution in [0.4, 0.5) is 0 Å². The molecule has 1 rings (SSSR count). The maximum atomic E-state index is 10.7. The number of carboxylic acid groups (broad SMARTS) is 1. The molecule has 0 aliphatic rings. The van der Waals surface area contributed by atoms with Crippen LogP contribution in [0.1, 0.15) is 11.1 Å². The Morgan fingerprint density at radius 2 is 2.20 bits per heavy atom. The second-order valence-electron chi connectivity index (χ2n) is 2.91. The average molecular weight is 294 g/mol. The fraction of sp³-hybridized carbons (Fsp3) is 0.300. The van der Waals surface area contributed by atoms with Gasteiger partial charge in [0.05, 0.1) is 13.5 Å². The third kappa shape index (κ3) is 2.86. The summed E-state index contributed by atoms with van der Waals surface area (Å²) in [5.74, 6) is -0.264. The highest BCUT2D eigenvalue weighted by Crippen LogP contribution is 2.30. The van der Waals surface area contributed by atoms with Crippen LogP contribution in [0.2, 0.25) is 5.02 Å². The van der Waals surface area contributed by atoms with E-state index in [2.05, 4.69) is 15.9 Å². The number of alkyl halides is 1. The average Bonchev–Trinajstić information content (AvgIpc) is 2.20. The first-order valence-corrected chi connectivity index (χ1v) is 5.72. The number of hydrogen-bond donors (Lipinski definition) is 1. The molecule has 0 aliphatic heterocycles. The number of methoxy groups -OCH3 is 1. The van der Waals surface area contributed by atoms with Gasteiger partial charge in [0.15, 0.2) is 0 Å². The molecule has 0 saturated carbocycles. The van der Waals surface area contributed by atoms with Crippen molar-refractivity contribution < 1.29 is 14.6 Å². The molecule has 3 nitrogen and oxygen atoms in total. The van der Waals surface area contributed by atoms with Gasteiger partial charge < -0.3 is 9.84 Å². The highest BCUT2D eigenvalue weighted by atomic mass is 79.9. The van der Waals surface area contributed by atoms with Crippen molar-refractivity contribution in [3.63, 3.8) is 0 Å². The van der Waals surface area contributed by atoms with E-state index in [4.69, 9.17) is 21.4 Å². The summed E-state index contributed by atoms with van der Waals surface area (Å²) in [5.41, 5.74) is 1.38. The Labute approximate surface area is 101 Å². The summed E-state index contributed by atoms with van der Waals surface area (Å²) >= 11 is 9.23. The quantitative estimate of drug-likeness (QED) is 0.868. The molecule has 0 aromatic heterocycles. The van der Waals surface area contributed by atoms with E-state index in [1.807, 2.05) is 0 Å². The molecule has 0 radical (unpaired) electrons.